The van der Waals surface area contributed by atoms with Crippen molar-refractivity contribution in [3.63, 3.8) is 0 Å². The zero-order valence-electron chi connectivity index (χ0n) is 16.2. The van der Waals surface area contributed by atoms with E-state index >= 15 is 0 Å². The fraction of sp³-hybridized carbons (Fsp3) is 0.130. The molecule has 0 atom stereocenters. The van der Waals surface area contributed by atoms with E-state index < -0.39 is 0 Å². The number of benzene rings is 2. The highest BCUT2D eigenvalue weighted by Gasteiger charge is 2.09. The molecule has 2 aromatic carbocycles. The Morgan fingerprint density at radius 2 is 1.86 bits per heavy atom. The first-order valence-electron chi connectivity index (χ1n) is 8.98. The lowest BCUT2D eigenvalue weighted by molar-refractivity contribution is -0.118. The molecule has 5 nitrogen and oxygen atoms in total. The summed E-state index contributed by atoms with van der Waals surface area (Å²) in [5.41, 5.74) is 2.63. The summed E-state index contributed by atoms with van der Waals surface area (Å²) in [6.45, 7) is 1.84. The van der Waals surface area contributed by atoms with Crippen LogP contribution in [0.25, 0.3) is 6.08 Å². The van der Waals surface area contributed by atoms with Crippen LogP contribution in [0.15, 0.2) is 66.1 Å². The molecule has 0 saturated carbocycles. The zero-order valence-corrected chi connectivity index (χ0v) is 17.0. The maximum Gasteiger partial charge on any atom is 0.262 e. The summed E-state index contributed by atoms with van der Waals surface area (Å²) in [5.74, 6) is 0.626. The molecule has 0 aliphatic heterocycles. The molecule has 0 radical (unpaired) electrons. The van der Waals surface area contributed by atoms with Crippen LogP contribution in [-0.2, 0) is 4.79 Å². The average Bonchev–Trinajstić information content (AvgIpc) is 3.27. The number of ether oxygens (including phenoxy) is 2. The number of carbonyl (C=O) groups excluding carboxylic acids is 2. The van der Waals surface area contributed by atoms with Gasteiger partial charge in [0.05, 0.1) is 12.0 Å². The van der Waals surface area contributed by atoms with E-state index in [2.05, 4.69) is 5.32 Å². The van der Waals surface area contributed by atoms with Crippen LogP contribution in [0.4, 0.5) is 5.69 Å². The Morgan fingerprint density at radius 3 is 2.55 bits per heavy atom. The van der Waals surface area contributed by atoms with Crippen LogP contribution in [0.5, 0.6) is 11.5 Å². The normalized spacial score (nSPS) is 10.7. The predicted octanol–water partition coefficient (Wildman–Crippen LogP) is 4.98. The Balaban J connectivity index is 1.60. The summed E-state index contributed by atoms with van der Waals surface area (Å²) >= 11 is 1.40. The van der Waals surface area contributed by atoms with Gasteiger partial charge in [-0.25, -0.2) is 0 Å². The largest absolute Gasteiger partial charge is 0.493 e. The van der Waals surface area contributed by atoms with Crippen molar-refractivity contribution in [3.8, 4) is 11.5 Å². The van der Waals surface area contributed by atoms with E-state index in [1.165, 1.54) is 24.5 Å². The van der Waals surface area contributed by atoms with Crippen LogP contribution >= 0.6 is 11.3 Å². The topological polar surface area (TPSA) is 64.6 Å². The summed E-state index contributed by atoms with van der Waals surface area (Å²) in [6.07, 6.45) is 3.24. The van der Waals surface area contributed by atoms with Crippen LogP contribution in [0, 0.1) is 6.92 Å². The number of nitrogens with one attached hydrogen (secondary N) is 1. The standard InChI is InChI=1S/C23H21NO4S/c1-16-5-9-18(10-6-16)24-23(26)15-28-20-12-8-17(14-21(20)27-2)7-11-19(25)22-4-3-13-29-22/h3-14H,15H2,1-2H3,(H,24,26)/b11-7+. The van der Waals surface area contributed by atoms with Gasteiger partial charge in [-0.2, -0.15) is 0 Å². The molecule has 3 aromatic rings. The molecule has 29 heavy (non-hydrogen) atoms. The molecule has 0 spiro atoms. The molecule has 0 unspecified atom stereocenters. The third kappa shape index (κ3) is 5.80. The number of amides is 1. The van der Waals surface area contributed by atoms with Gasteiger partial charge in [-0.1, -0.05) is 35.9 Å². The summed E-state index contributed by atoms with van der Waals surface area (Å²) in [6, 6.07) is 16.4. The van der Waals surface area contributed by atoms with Crippen molar-refractivity contribution in [2.75, 3.05) is 19.0 Å². The lowest BCUT2D eigenvalue weighted by atomic mass is 10.1. The first kappa shape index (κ1) is 20.4. The summed E-state index contributed by atoms with van der Waals surface area (Å²) in [4.78, 5) is 24.9. The SMILES string of the molecule is COc1cc(/C=C/C(=O)c2cccs2)ccc1OCC(=O)Nc1ccc(C)cc1. The third-order valence-corrected chi connectivity index (χ3v) is 4.96. The summed E-state index contributed by atoms with van der Waals surface area (Å²) in [5, 5.41) is 4.65. The Kier molecular flexibility index (Phi) is 6.81. The van der Waals surface area contributed by atoms with E-state index in [1.54, 1.807) is 30.3 Å². The smallest absolute Gasteiger partial charge is 0.262 e. The second kappa shape index (κ2) is 9.71. The van der Waals surface area contributed by atoms with Crippen LogP contribution in [0.2, 0.25) is 0 Å². The molecule has 1 aromatic heterocycles. The monoisotopic (exact) mass is 407 g/mol. The number of ketones is 1. The second-order valence-corrected chi connectivity index (χ2v) is 7.24. The number of rotatable bonds is 8. The van der Waals surface area contributed by atoms with Gasteiger partial charge < -0.3 is 14.8 Å². The van der Waals surface area contributed by atoms with Gasteiger partial charge in [0.1, 0.15) is 0 Å². The molecular weight excluding hydrogens is 386 g/mol. The van der Waals surface area contributed by atoms with E-state index in [0.29, 0.717) is 22.1 Å². The molecule has 6 heteroatoms. The van der Waals surface area contributed by atoms with E-state index in [-0.39, 0.29) is 18.3 Å². The molecule has 0 saturated heterocycles. The molecule has 1 N–H and O–H groups in total. The number of allylic oxidation sites excluding steroid dienone is 1. The van der Waals surface area contributed by atoms with Crippen molar-refractivity contribution in [2.24, 2.45) is 0 Å². The van der Waals surface area contributed by atoms with Crippen molar-refractivity contribution in [3.05, 3.63) is 82.1 Å². The van der Waals surface area contributed by atoms with Gasteiger partial charge in [0.2, 0.25) is 0 Å². The van der Waals surface area contributed by atoms with Gasteiger partial charge in [0, 0.05) is 5.69 Å². The third-order valence-electron chi connectivity index (χ3n) is 4.07. The first-order chi connectivity index (χ1) is 14.0. The second-order valence-electron chi connectivity index (χ2n) is 6.29. The Bertz CT molecular complexity index is 1010. The zero-order chi connectivity index (χ0) is 20.6. The number of methoxy groups -OCH3 is 1. The highest BCUT2D eigenvalue weighted by Crippen LogP contribution is 2.28. The van der Waals surface area contributed by atoms with Gasteiger partial charge in [-0.05, 0) is 54.3 Å². The van der Waals surface area contributed by atoms with Crippen LogP contribution in [0.1, 0.15) is 20.8 Å². The highest BCUT2D eigenvalue weighted by atomic mass is 32.1. The molecule has 0 bridgehead atoms. The van der Waals surface area contributed by atoms with Gasteiger partial charge >= 0.3 is 0 Å². The molecule has 0 aliphatic carbocycles. The first-order valence-corrected chi connectivity index (χ1v) is 9.86. The van der Waals surface area contributed by atoms with Crippen LogP contribution in [-0.4, -0.2) is 25.4 Å². The number of hydrogen-bond acceptors (Lipinski definition) is 5. The van der Waals surface area contributed by atoms with Crippen molar-refractivity contribution in [1.82, 2.24) is 0 Å². The Morgan fingerprint density at radius 1 is 1.07 bits per heavy atom. The molecular formula is C23H21NO4S. The molecule has 148 valence electrons. The molecule has 0 fully saturated rings. The average molecular weight is 407 g/mol. The van der Waals surface area contributed by atoms with Crippen molar-refractivity contribution in [2.45, 2.75) is 6.92 Å². The lowest BCUT2D eigenvalue weighted by Gasteiger charge is -2.11. The maximum absolute atomic E-state index is 12.1. The minimum Gasteiger partial charge on any atom is -0.493 e. The van der Waals surface area contributed by atoms with Gasteiger partial charge in [-0.15, -0.1) is 11.3 Å². The number of carbonyl (C=O) groups is 2. The van der Waals surface area contributed by atoms with Crippen LogP contribution in [0.3, 0.4) is 0 Å². The van der Waals surface area contributed by atoms with Gasteiger partial charge in [0.25, 0.3) is 5.91 Å². The molecule has 1 amide bonds. The fourth-order valence-electron chi connectivity index (χ4n) is 2.56. The van der Waals surface area contributed by atoms with Gasteiger partial charge in [-0.3, -0.25) is 9.59 Å². The predicted molar refractivity (Wildman–Crippen MR) is 116 cm³/mol. The van der Waals surface area contributed by atoms with E-state index in [1.807, 2.05) is 42.6 Å². The Hall–Kier alpha value is -3.38. The summed E-state index contributed by atoms with van der Waals surface area (Å²) < 4.78 is 11.0. The minimum absolute atomic E-state index is 0.0490. The number of aryl methyl sites for hydroxylation is 1. The van der Waals surface area contributed by atoms with Crippen LogP contribution < -0.4 is 14.8 Å². The molecule has 0 aliphatic rings. The highest BCUT2D eigenvalue weighted by molar-refractivity contribution is 7.12. The molecule has 1 heterocycles. The molecule has 3 rings (SSSR count). The van der Waals surface area contributed by atoms with Crippen molar-refractivity contribution >= 4 is 34.8 Å². The Labute approximate surface area is 173 Å². The van der Waals surface area contributed by atoms with E-state index in [0.717, 1.165) is 11.1 Å². The quantitative estimate of drug-likeness (QED) is 0.423. The van der Waals surface area contributed by atoms with E-state index in [9.17, 15) is 9.59 Å². The van der Waals surface area contributed by atoms with Crippen molar-refractivity contribution in [1.29, 1.82) is 0 Å². The number of thiophene rings is 1. The van der Waals surface area contributed by atoms with Gasteiger partial charge in [0.15, 0.2) is 23.9 Å². The van der Waals surface area contributed by atoms with Crippen molar-refractivity contribution < 1.29 is 19.1 Å². The maximum atomic E-state index is 12.1. The number of anilines is 1. The fourth-order valence-corrected chi connectivity index (χ4v) is 3.20. The summed E-state index contributed by atoms with van der Waals surface area (Å²) in [7, 11) is 1.53. The number of hydrogen-bond donors (Lipinski definition) is 1. The minimum atomic E-state index is -0.263. The van der Waals surface area contributed by atoms with E-state index in [4.69, 9.17) is 9.47 Å². The lowest BCUT2D eigenvalue weighted by Crippen LogP contribution is -2.20.